The molecule has 0 bridgehead atoms. The first kappa shape index (κ1) is 13.0. The van der Waals surface area contributed by atoms with E-state index in [1.807, 2.05) is 6.92 Å². The van der Waals surface area contributed by atoms with E-state index in [2.05, 4.69) is 4.74 Å². The van der Waals surface area contributed by atoms with E-state index in [1.54, 1.807) is 12.1 Å². The Morgan fingerprint density at radius 2 is 2.06 bits per heavy atom. The van der Waals surface area contributed by atoms with Crippen molar-refractivity contribution in [2.24, 2.45) is 0 Å². The number of hydrogen-bond donors (Lipinski definition) is 0. The fourth-order valence-electron chi connectivity index (χ4n) is 1.25. The van der Waals surface area contributed by atoms with Gasteiger partial charge >= 0.3 is 11.9 Å². The SMILES string of the molecule is CCSc1ccccc1C(F)(F)C(=O)OC. The highest BCUT2D eigenvalue weighted by atomic mass is 32.2. The molecule has 1 rings (SSSR count). The Morgan fingerprint density at radius 1 is 1.44 bits per heavy atom. The van der Waals surface area contributed by atoms with E-state index in [9.17, 15) is 13.6 Å². The van der Waals surface area contributed by atoms with Crippen molar-refractivity contribution in [3.8, 4) is 0 Å². The van der Waals surface area contributed by atoms with Gasteiger partial charge in [-0.15, -0.1) is 11.8 Å². The Hall–Kier alpha value is -1.10. The number of hydrogen-bond acceptors (Lipinski definition) is 3. The molecule has 0 fully saturated rings. The molecular weight excluding hydrogens is 234 g/mol. The van der Waals surface area contributed by atoms with Gasteiger partial charge < -0.3 is 4.74 Å². The summed E-state index contributed by atoms with van der Waals surface area (Å²) in [6.45, 7) is 1.86. The fraction of sp³-hybridized carbons (Fsp3) is 0.364. The van der Waals surface area contributed by atoms with E-state index < -0.39 is 11.9 Å². The third-order valence-corrected chi connectivity index (χ3v) is 2.92. The second kappa shape index (κ2) is 5.30. The number of ether oxygens (including phenoxy) is 1. The molecule has 0 aliphatic carbocycles. The molecule has 0 aliphatic rings. The molecule has 0 amide bonds. The monoisotopic (exact) mass is 246 g/mol. The first-order chi connectivity index (χ1) is 7.54. The highest BCUT2D eigenvalue weighted by Crippen LogP contribution is 2.36. The predicted octanol–water partition coefficient (Wildman–Crippen LogP) is 3.06. The molecule has 1 aromatic rings. The number of rotatable bonds is 4. The Morgan fingerprint density at radius 3 is 2.62 bits per heavy atom. The van der Waals surface area contributed by atoms with Crippen LogP contribution in [0.2, 0.25) is 0 Å². The van der Waals surface area contributed by atoms with Crippen molar-refractivity contribution in [2.45, 2.75) is 17.7 Å². The fourth-order valence-corrected chi connectivity index (χ4v) is 2.08. The van der Waals surface area contributed by atoms with Gasteiger partial charge in [0, 0.05) is 10.5 Å². The van der Waals surface area contributed by atoms with Gasteiger partial charge in [-0.25, -0.2) is 4.79 Å². The minimum absolute atomic E-state index is 0.297. The van der Waals surface area contributed by atoms with Crippen molar-refractivity contribution in [3.63, 3.8) is 0 Å². The highest BCUT2D eigenvalue weighted by molar-refractivity contribution is 7.99. The molecule has 5 heteroatoms. The van der Waals surface area contributed by atoms with E-state index in [0.717, 1.165) is 7.11 Å². The zero-order valence-corrected chi connectivity index (χ0v) is 9.81. The van der Waals surface area contributed by atoms with Crippen LogP contribution in [0, 0.1) is 0 Å². The van der Waals surface area contributed by atoms with Crippen LogP contribution in [0.1, 0.15) is 12.5 Å². The van der Waals surface area contributed by atoms with Gasteiger partial charge in [0.1, 0.15) is 0 Å². The summed E-state index contributed by atoms with van der Waals surface area (Å²) in [6, 6.07) is 5.95. The molecule has 0 aliphatic heterocycles. The third kappa shape index (κ3) is 2.52. The predicted molar refractivity (Wildman–Crippen MR) is 58.8 cm³/mol. The molecule has 2 nitrogen and oxygen atoms in total. The van der Waals surface area contributed by atoms with Gasteiger partial charge in [-0.05, 0) is 11.8 Å². The zero-order valence-electron chi connectivity index (χ0n) is 9.00. The minimum Gasteiger partial charge on any atom is -0.464 e. The molecule has 0 saturated heterocycles. The van der Waals surface area contributed by atoms with Crippen LogP contribution in [0.5, 0.6) is 0 Å². The number of halogens is 2. The molecular formula is C11H12F2O2S. The van der Waals surface area contributed by atoms with Gasteiger partial charge in [-0.3, -0.25) is 0 Å². The van der Waals surface area contributed by atoms with Crippen molar-refractivity contribution < 1.29 is 18.3 Å². The average molecular weight is 246 g/mol. The van der Waals surface area contributed by atoms with Crippen molar-refractivity contribution in [3.05, 3.63) is 29.8 Å². The van der Waals surface area contributed by atoms with Crippen LogP contribution in [-0.4, -0.2) is 18.8 Å². The van der Waals surface area contributed by atoms with Gasteiger partial charge in [0.25, 0.3) is 0 Å². The quantitative estimate of drug-likeness (QED) is 0.603. The topological polar surface area (TPSA) is 26.3 Å². The molecule has 0 unspecified atom stereocenters. The number of alkyl halides is 2. The number of thioether (sulfide) groups is 1. The second-order valence-electron chi connectivity index (χ2n) is 3.00. The summed E-state index contributed by atoms with van der Waals surface area (Å²) < 4.78 is 31.4. The molecule has 16 heavy (non-hydrogen) atoms. The van der Waals surface area contributed by atoms with Crippen LogP contribution >= 0.6 is 11.8 Å². The lowest BCUT2D eigenvalue weighted by atomic mass is 10.1. The van der Waals surface area contributed by atoms with E-state index in [1.165, 1.54) is 23.9 Å². The van der Waals surface area contributed by atoms with Crippen molar-refractivity contribution in [1.82, 2.24) is 0 Å². The maximum Gasteiger partial charge on any atom is 0.381 e. The van der Waals surface area contributed by atoms with E-state index in [0.29, 0.717) is 10.6 Å². The van der Waals surface area contributed by atoms with Crippen molar-refractivity contribution in [1.29, 1.82) is 0 Å². The molecule has 0 aromatic heterocycles. The standard InChI is InChI=1S/C11H12F2O2S/c1-3-16-9-7-5-4-6-8(9)11(12,13)10(14)15-2/h4-7H,3H2,1-2H3. The summed E-state index contributed by atoms with van der Waals surface area (Å²) in [7, 11) is 0.950. The number of carbonyl (C=O) groups excluding carboxylic acids is 1. The van der Waals surface area contributed by atoms with Crippen molar-refractivity contribution in [2.75, 3.05) is 12.9 Å². The molecule has 0 saturated carbocycles. The molecule has 0 N–H and O–H groups in total. The van der Waals surface area contributed by atoms with Gasteiger partial charge in [-0.2, -0.15) is 8.78 Å². The van der Waals surface area contributed by atoms with Gasteiger partial charge in [0.05, 0.1) is 7.11 Å². The van der Waals surface area contributed by atoms with E-state index >= 15 is 0 Å². The maximum absolute atomic E-state index is 13.6. The van der Waals surface area contributed by atoms with Gasteiger partial charge in [-0.1, -0.05) is 25.1 Å². The van der Waals surface area contributed by atoms with Crippen LogP contribution in [0.3, 0.4) is 0 Å². The van der Waals surface area contributed by atoms with Crippen LogP contribution in [0.4, 0.5) is 8.78 Å². The average Bonchev–Trinajstić information content (AvgIpc) is 2.29. The summed E-state index contributed by atoms with van der Waals surface area (Å²) >= 11 is 1.27. The summed E-state index contributed by atoms with van der Waals surface area (Å²) in [6.07, 6.45) is 0. The first-order valence-corrected chi connectivity index (χ1v) is 5.71. The third-order valence-electron chi connectivity index (χ3n) is 1.97. The smallest absolute Gasteiger partial charge is 0.381 e. The molecule has 0 spiro atoms. The lowest BCUT2D eigenvalue weighted by Gasteiger charge is -2.16. The summed E-state index contributed by atoms with van der Waals surface area (Å²) in [5.41, 5.74) is -0.297. The second-order valence-corrected chi connectivity index (χ2v) is 4.30. The van der Waals surface area contributed by atoms with Crippen LogP contribution < -0.4 is 0 Å². The lowest BCUT2D eigenvalue weighted by molar-refractivity contribution is -0.170. The highest BCUT2D eigenvalue weighted by Gasteiger charge is 2.43. The van der Waals surface area contributed by atoms with Gasteiger partial charge in [0.15, 0.2) is 0 Å². The largest absolute Gasteiger partial charge is 0.464 e. The van der Waals surface area contributed by atoms with Crippen LogP contribution in [-0.2, 0) is 15.5 Å². The summed E-state index contributed by atoms with van der Waals surface area (Å²) in [5, 5.41) is 0. The first-order valence-electron chi connectivity index (χ1n) is 4.72. The van der Waals surface area contributed by atoms with Crippen LogP contribution in [0.25, 0.3) is 0 Å². The minimum atomic E-state index is -3.59. The maximum atomic E-state index is 13.6. The molecule has 0 radical (unpaired) electrons. The number of benzene rings is 1. The molecule has 0 heterocycles. The van der Waals surface area contributed by atoms with Crippen molar-refractivity contribution >= 4 is 17.7 Å². The van der Waals surface area contributed by atoms with E-state index in [-0.39, 0.29) is 5.56 Å². The summed E-state index contributed by atoms with van der Waals surface area (Å²) in [5.74, 6) is -4.46. The van der Waals surface area contributed by atoms with Crippen LogP contribution in [0.15, 0.2) is 29.2 Å². The molecule has 1 aromatic carbocycles. The Kier molecular flexibility index (Phi) is 4.29. The van der Waals surface area contributed by atoms with Gasteiger partial charge in [0.2, 0.25) is 0 Å². The number of esters is 1. The van der Waals surface area contributed by atoms with E-state index in [4.69, 9.17) is 0 Å². The summed E-state index contributed by atoms with van der Waals surface area (Å²) in [4.78, 5) is 11.4. The normalized spacial score (nSPS) is 11.2. The Balaban J connectivity index is 3.15. The molecule has 88 valence electrons. The number of carbonyl (C=O) groups is 1. The molecule has 0 atom stereocenters. The Labute approximate surface area is 97.0 Å². The lowest BCUT2D eigenvalue weighted by Crippen LogP contribution is -2.27. The zero-order chi connectivity index (χ0) is 12.2. The Bertz CT molecular complexity index is 380. The number of methoxy groups -OCH3 is 1.